The van der Waals surface area contributed by atoms with Crippen molar-refractivity contribution in [3.8, 4) is 0 Å². The summed E-state index contributed by atoms with van der Waals surface area (Å²) >= 11 is 1.77. The van der Waals surface area contributed by atoms with Crippen molar-refractivity contribution in [2.75, 3.05) is 24.2 Å². The molecule has 3 rings (SSSR count). The number of carbonyl (C=O) groups excluding carboxylic acids is 1. The van der Waals surface area contributed by atoms with Gasteiger partial charge in [-0.2, -0.15) is 0 Å². The van der Waals surface area contributed by atoms with Gasteiger partial charge >= 0.3 is 0 Å². The van der Waals surface area contributed by atoms with Crippen LogP contribution in [0.2, 0.25) is 0 Å². The van der Waals surface area contributed by atoms with Gasteiger partial charge in [0.25, 0.3) is 5.91 Å². The summed E-state index contributed by atoms with van der Waals surface area (Å²) < 4.78 is 24.5. The molecule has 0 radical (unpaired) electrons. The fourth-order valence-corrected chi connectivity index (χ4v) is 4.73. The molecular weight excluding hydrogens is 380 g/mol. The number of piperidine rings is 1. The Morgan fingerprint density at radius 2 is 1.96 bits per heavy atom. The lowest BCUT2D eigenvalue weighted by molar-refractivity contribution is 0.0602. The minimum absolute atomic E-state index is 0.0411. The Bertz CT molecular complexity index is 861. The number of hydrogen-bond acceptors (Lipinski definition) is 4. The smallest absolute Gasteiger partial charge is 0.254 e. The molecule has 0 aliphatic carbocycles. The zero-order valence-corrected chi connectivity index (χ0v) is 17.4. The summed E-state index contributed by atoms with van der Waals surface area (Å²) in [6, 6.07) is 11.3. The molecule has 1 amide bonds. The molecule has 146 valence electrons. The molecule has 7 heteroatoms. The Hall–Kier alpha value is -1.86. The van der Waals surface area contributed by atoms with Crippen molar-refractivity contribution < 1.29 is 13.2 Å². The van der Waals surface area contributed by atoms with E-state index in [9.17, 15) is 13.2 Å². The minimum Gasteiger partial charge on any atom is -0.336 e. The molecule has 1 fully saturated rings. The van der Waals surface area contributed by atoms with Gasteiger partial charge in [-0.1, -0.05) is 6.07 Å². The van der Waals surface area contributed by atoms with Crippen LogP contribution in [0.25, 0.3) is 0 Å². The number of sulfonamides is 1. The van der Waals surface area contributed by atoms with Crippen LogP contribution >= 0.6 is 11.3 Å². The van der Waals surface area contributed by atoms with Crippen molar-refractivity contribution in [2.45, 2.75) is 38.1 Å². The molecule has 27 heavy (non-hydrogen) atoms. The highest BCUT2D eigenvalue weighted by Crippen LogP contribution is 2.25. The molecule has 1 atom stereocenters. The number of hydrogen-bond donors (Lipinski definition) is 0. The van der Waals surface area contributed by atoms with E-state index in [0.29, 0.717) is 11.3 Å². The molecule has 1 aromatic heterocycles. The zero-order chi connectivity index (χ0) is 19.4. The van der Waals surface area contributed by atoms with Crippen molar-refractivity contribution in [1.29, 1.82) is 0 Å². The maximum Gasteiger partial charge on any atom is 0.254 e. The number of rotatable bonds is 6. The Kier molecular flexibility index (Phi) is 6.22. The number of benzene rings is 1. The summed E-state index contributed by atoms with van der Waals surface area (Å²) in [5.41, 5.74) is 1.17. The third-order valence-electron chi connectivity index (χ3n) is 5.17. The van der Waals surface area contributed by atoms with E-state index in [2.05, 4.69) is 17.5 Å². The number of anilines is 1. The quantitative estimate of drug-likeness (QED) is 0.734. The molecule has 1 aliphatic rings. The van der Waals surface area contributed by atoms with Crippen LogP contribution in [0.5, 0.6) is 0 Å². The van der Waals surface area contributed by atoms with Gasteiger partial charge in [0.2, 0.25) is 10.0 Å². The lowest BCUT2D eigenvalue weighted by atomic mass is 9.96. The highest BCUT2D eigenvalue weighted by atomic mass is 32.2. The van der Waals surface area contributed by atoms with Crippen LogP contribution in [0.15, 0.2) is 41.8 Å². The van der Waals surface area contributed by atoms with Gasteiger partial charge in [-0.15, -0.1) is 11.3 Å². The zero-order valence-electron chi connectivity index (χ0n) is 15.8. The average Bonchev–Trinajstić information content (AvgIpc) is 3.18. The monoisotopic (exact) mass is 406 g/mol. The van der Waals surface area contributed by atoms with Crippen LogP contribution in [0, 0.1) is 0 Å². The number of thiophene rings is 1. The topological polar surface area (TPSA) is 57.7 Å². The van der Waals surface area contributed by atoms with Gasteiger partial charge in [0.15, 0.2) is 0 Å². The van der Waals surface area contributed by atoms with Crippen LogP contribution in [-0.2, 0) is 16.4 Å². The van der Waals surface area contributed by atoms with E-state index >= 15 is 0 Å². The van der Waals surface area contributed by atoms with Crippen molar-refractivity contribution in [3.05, 3.63) is 52.2 Å². The summed E-state index contributed by atoms with van der Waals surface area (Å²) in [4.78, 5) is 16.4. The average molecular weight is 407 g/mol. The Labute approximate surface area is 165 Å². The second-order valence-electron chi connectivity index (χ2n) is 7.04. The summed E-state index contributed by atoms with van der Waals surface area (Å²) in [5.74, 6) is 0.0411. The number of amides is 1. The molecule has 1 aliphatic heterocycles. The largest absolute Gasteiger partial charge is 0.336 e. The Morgan fingerprint density at radius 1 is 1.22 bits per heavy atom. The maximum absolute atomic E-state index is 13.0. The molecule has 0 N–H and O–H groups in total. The van der Waals surface area contributed by atoms with Gasteiger partial charge in [-0.25, -0.2) is 8.42 Å². The molecule has 1 saturated heterocycles. The van der Waals surface area contributed by atoms with Crippen LogP contribution in [0.3, 0.4) is 0 Å². The molecule has 1 unspecified atom stereocenters. The predicted molar refractivity (Wildman–Crippen MR) is 111 cm³/mol. The summed E-state index contributed by atoms with van der Waals surface area (Å²) in [6.45, 7) is 0.791. The first-order valence-electron chi connectivity index (χ1n) is 9.23. The molecule has 2 aromatic rings. The summed E-state index contributed by atoms with van der Waals surface area (Å²) in [7, 11) is -1.80. The van der Waals surface area contributed by atoms with Crippen LogP contribution < -0.4 is 4.31 Å². The highest BCUT2D eigenvalue weighted by molar-refractivity contribution is 7.92. The second-order valence-corrected chi connectivity index (χ2v) is 10.1. The first kappa shape index (κ1) is 19.9. The van der Waals surface area contributed by atoms with Crippen LogP contribution in [-0.4, -0.2) is 45.1 Å². The molecule has 0 saturated carbocycles. The summed E-state index contributed by atoms with van der Waals surface area (Å²) in [6.07, 6.45) is 6.41. The van der Waals surface area contributed by atoms with E-state index < -0.39 is 10.0 Å². The molecule has 0 spiro atoms. The maximum atomic E-state index is 13.0. The number of carbonyl (C=O) groups is 1. The first-order chi connectivity index (χ1) is 12.9. The molecule has 1 aromatic carbocycles. The van der Waals surface area contributed by atoms with E-state index in [-0.39, 0.29) is 11.9 Å². The Balaban J connectivity index is 1.70. The van der Waals surface area contributed by atoms with Crippen LogP contribution in [0.4, 0.5) is 5.69 Å². The second kappa shape index (κ2) is 8.44. The van der Waals surface area contributed by atoms with Gasteiger partial charge in [0.1, 0.15) is 0 Å². The Morgan fingerprint density at radius 3 is 2.59 bits per heavy atom. The first-order valence-corrected chi connectivity index (χ1v) is 12.0. The van der Waals surface area contributed by atoms with Gasteiger partial charge in [-0.3, -0.25) is 9.10 Å². The summed E-state index contributed by atoms with van der Waals surface area (Å²) in [5, 5.41) is 2.09. The molecule has 0 bridgehead atoms. The third kappa shape index (κ3) is 4.90. The van der Waals surface area contributed by atoms with Gasteiger partial charge < -0.3 is 4.90 Å². The third-order valence-corrected chi connectivity index (χ3v) is 7.31. The fraction of sp³-hybridized carbons (Fsp3) is 0.450. The van der Waals surface area contributed by atoms with Crippen molar-refractivity contribution in [2.24, 2.45) is 0 Å². The van der Waals surface area contributed by atoms with Crippen LogP contribution in [0.1, 0.15) is 40.9 Å². The van der Waals surface area contributed by atoms with Crippen molar-refractivity contribution in [3.63, 3.8) is 0 Å². The SMILES string of the molecule is CN(c1ccc(C(=O)N2CCCCC2CCc2cccs2)cc1)S(C)(=O)=O. The highest BCUT2D eigenvalue weighted by Gasteiger charge is 2.27. The van der Waals surface area contributed by atoms with E-state index in [1.54, 1.807) is 35.6 Å². The van der Waals surface area contributed by atoms with E-state index in [1.165, 1.54) is 16.2 Å². The van der Waals surface area contributed by atoms with Gasteiger partial charge in [0.05, 0.1) is 11.9 Å². The minimum atomic E-state index is -3.31. The normalized spacial score (nSPS) is 17.7. The fourth-order valence-electron chi connectivity index (χ4n) is 3.50. The van der Waals surface area contributed by atoms with E-state index in [0.717, 1.165) is 44.9 Å². The van der Waals surface area contributed by atoms with Crippen molar-refractivity contribution >= 4 is 33.0 Å². The van der Waals surface area contributed by atoms with Gasteiger partial charge in [0, 0.05) is 30.1 Å². The number of likely N-dealkylation sites (tertiary alicyclic amines) is 1. The number of nitrogens with zero attached hydrogens (tertiary/aromatic N) is 2. The predicted octanol–water partition coefficient (Wildman–Crippen LogP) is 3.77. The van der Waals surface area contributed by atoms with E-state index in [1.807, 2.05) is 4.90 Å². The molecule has 2 heterocycles. The number of aryl methyl sites for hydroxylation is 1. The molecular formula is C20H26N2O3S2. The van der Waals surface area contributed by atoms with Gasteiger partial charge in [-0.05, 0) is 67.8 Å². The lowest BCUT2D eigenvalue weighted by Gasteiger charge is -2.36. The lowest BCUT2D eigenvalue weighted by Crippen LogP contribution is -2.44. The molecule has 5 nitrogen and oxygen atoms in total. The van der Waals surface area contributed by atoms with E-state index in [4.69, 9.17) is 0 Å². The standard InChI is InChI=1S/C20H26N2O3S2/c1-21(27(2,24)25)17-10-8-16(9-11-17)20(23)22-14-4-3-6-18(22)12-13-19-7-5-15-26-19/h5,7-11,15,18H,3-4,6,12-14H2,1-2H3. The van der Waals surface area contributed by atoms with Crippen molar-refractivity contribution in [1.82, 2.24) is 4.90 Å².